The van der Waals surface area contributed by atoms with Crippen LogP contribution in [0.25, 0.3) is 11.0 Å². The summed E-state index contributed by atoms with van der Waals surface area (Å²) in [6, 6.07) is 1.32. The average Bonchev–Trinajstić information content (AvgIpc) is 2.73. The maximum atomic E-state index is 12.5. The summed E-state index contributed by atoms with van der Waals surface area (Å²) < 4.78 is 16.0. The number of Topliss-reactive ketones (excluding diaryl/α,β-unsaturated/α-hetero) is 1. The number of aromatic hydroxyl groups is 1. The van der Waals surface area contributed by atoms with E-state index in [0.29, 0.717) is 35.0 Å². The summed E-state index contributed by atoms with van der Waals surface area (Å²) >= 11 is 0. The third-order valence-corrected chi connectivity index (χ3v) is 5.56. The number of phenolic OH excluding ortho intramolecular Hbond substituents is 1. The highest BCUT2D eigenvalue weighted by Gasteiger charge is 2.21. The molecule has 0 radical (unpaired) electrons. The van der Waals surface area contributed by atoms with E-state index in [1.165, 1.54) is 13.2 Å². The zero-order valence-corrected chi connectivity index (χ0v) is 17.4. The molecular formula is C22H27NO7. The predicted molar refractivity (Wildman–Crippen MR) is 111 cm³/mol. The largest absolute Gasteiger partial charge is 0.507 e. The molecule has 8 heteroatoms. The van der Waals surface area contributed by atoms with Gasteiger partial charge >= 0.3 is 5.63 Å². The summed E-state index contributed by atoms with van der Waals surface area (Å²) in [4.78, 5) is 38.5. The first-order valence-electron chi connectivity index (χ1n) is 10.1. The first-order valence-corrected chi connectivity index (χ1v) is 10.1. The van der Waals surface area contributed by atoms with Gasteiger partial charge in [0.1, 0.15) is 17.3 Å². The molecule has 0 atom stereocenters. The van der Waals surface area contributed by atoms with Gasteiger partial charge in [0, 0.05) is 37.6 Å². The fraction of sp³-hybridized carbons (Fsp3) is 0.500. The average molecular weight is 417 g/mol. The maximum absolute atomic E-state index is 12.5. The molecule has 1 aliphatic rings. The maximum Gasteiger partial charge on any atom is 0.339 e. The number of rotatable bonds is 9. The highest BCUT2D eigenvalue weighted by atomic mass is 16.5. The Bertz CT molecular complexity index is 989. The van der Waals surface area contributed by atoms with E-state index in [-0.39, 0.29) is 35.5 Å². The molecule has 1 N–H and O–H groups in total. The smallest absolute Gasteiger partial charge is 0.339 e. The second-order valence-corrected chi connectivity index (χ2v) is 7.42. The molecule has 8 nitrogen and oxygen atoms in total. The number of ketones is 1. The lowest BCUT2D eigenvalue weighted by Gasteiger charge is -2.26. The molecule has 0 amide bonds. The van der Waals surface area contributed by atoms with Crippen molar-refractivity contribution in [3.8, 4) is 11.5 Å². The fourth-order valence-corrected chi connectivity index (χ4v) is 3.83. The minimum absolute atomic E-state index is 0.00932. The van der Waals surface area contributed by atoms with Crippen LogP contribution in [0.5, 0.6) is 11.5 Å². The Kier molecular flexibility index (Phi) is 7.23. The number of carbonyl (C=O) groups excluding carboxylic acids is 2. The van der Waals surface area contributed by atoms with E-state index in [4.69, 9.17) is 13.9 Å². The molecule has 1 aliphatic heterocycles. The summed E-state index contributed by atoms with van der Waals surface area (Å²) in [6.07, 6.45) is 2.17. The molecule has 1 fully saturated rings. The number of phenols is 1. The van der Waals surface area contributed by atoms with Gasteiger partial charge in [-0.2, -0.15) is 0 Å². The van der Waals surface area contributed by atoms with Gasteiger partial charge in [-0.05, 0) is 31.9 Å². The van der Waals surface area contributed by atoms with Gasteiger partial charge < -0.3 is 19.0 Å². The van der Waals surface area contributed by atoms with Crippen molar-refractivity contribution in [2.75, 3.05) is 40.0 Å². The first kappa shape index (κ1) is 22.0. The number of morpholine rings is 1. The fourth-order valence-electron chi connectivity index (χ4n) is 3.83. The number of hydrogen-bond donors (Lipinski definition) is 1. The van der Waals surface area contributed by atoms with Crippen LogP contribution in [-0.4, -0.2) is 62.0 Å². The number of aryl methyl sites for hydroxylation is 1. The minimum Gasteiger partial charge on any atom is -0.507 e. The topological polar surface area (TPSA) is 106 Å². The lowest BCUT2D eigenvalue weighted by atomic mass is 9.98. The van der Waals surface area contributed by atoms with E-state index in [2.05, 4.69) is 4.90 Å². The van der Waals surface area contributed by atoms with Crippen LogP contribution in [-0.2, 0) is 16.0 Å². The summed E-state index contributed by atoms with van der Waals surface area (Å²) in [5, 5.41) is 10.4. The minimum atomic E-state index is -0.614. The highest BCUT2D eigenvalue weighted by molar-refractivity contribution is 6.01. The van der Waals surface area contributed by atoms with Crippen LogP contribution in [0.3, 0.4) is 0 Å². The van der Waals surface area contributed by atoms with Crippen molar-refractivity contribution in [2.45, 2.75) is 32.6 Å². The molecule has 3 rings (SSSR count). The van der Waals surface area contributed by atoms with Crippen LogP contribution in [0.1, 0.15) is 40.7 Å². The molecule has 162 valence electrons. The van der Waals surface area contributed by atoms with Gasteiger partial charge in [-0.25, -0.2) is 4.79 Å². The van der Waals surface area contributed by atoms with E-state index in [1.807, 2.05) is 0 Å². The zero-order chi connectivity index (χ0) is 21.7. The summed E-state index contributed by atoms with van der Waals surface area (Å²) in [5.74, 6) is 0.0703. The Balaban J connectivity index is 1.73. The van der Waals surface area contributed by atoms with Crippen molar-refractivity contribution < 1.29 is 28.6 Å². The second-order valence-electron chi connectivity index (χ2n) is 7.42. The molecule has 1 aromatic heterocycles. The Hall–Kier alpha value is -2.71. The Morgan fingerprint density at radius 1 is 1.30 bits per heavy atom. The number of aldehydes is 1. The normalized spacial score (nSPS) is 14.7. The molecule has 0 bridgehead atoms. The summed E-state index contributed by atoms with van der Waals surface area (Å²) in [7, 11) is 1.43. The monoisotopic (exact) mass is 417 g/mol. The third-order valence-electron chi connectivity index (χ3n) is 5.56. The van der Waals surface area contributed by atoms with Crippen LogP contribution in [0.4, 0.5) is 0 Å². The van der Waals surface area contributed by atoms with Gasteiger partial charge in [0.05, 0.1) is 31.3 Å². The summed E-state index contributed by atoms with van der Waals surface area (Å²) in [6.45, 7) is 5.85. The van der Waals surface area contributed by atoms with Gasteiger partial charge in [0.2, 0.25) is 0 Å². The number of fused-ring (bicyclic) bond motifs is 1. The van der Waals surface area contributed by atoms with Crippen molar-refractivity contribution in [1.29, 1.82) is 0 Å². The van der Waals surface area contributed by atoms with Crippen molar-refractivity contribution in [2.24, 2.45) is 0 Å². The molecule has 0 aliphatic carbocycles. The van der Waals surface area contributed by atoms with E-state index < -0.39 is 5.63 Å². The third kappa shape index (κ3) is 4.71. The lowest BCUT2D eigenvalue weighted by molar-refractivity contribution is -0.119. The molecular weight excluding hydrogens is 390 g/mol. The predicted octanol–water partition coefficient (Wildman–Crippen LogP) is 2.24. The van der Waals surface area contributed by atoms with Crippen LogP contribution < -0.4 is 10.4 Å². The van der Waals surface area contributed by atoms with Gasteiger partial charge in [-0.3, -0.25) is 14.5 Å². The molecule has 0 unspecified atom stereocenters. The first-order chi connectivity index (χ1) is 14.5. The lowest BCUT2D eigenvalue weighted by Crippen LogP contribution is -2.36. The highest BCUT2D eigenvalue weighted by Crippen LogP contribution is 2.36. The van der Waals surface area contributed by atoms with E-state index in [1.54, 1.807) is 6.92 Å². The Morgan fingerprint density at radius 3 is 2.70 bits per heavy atom. The van der Waals surface area contributed by atoms with Crippen LogP contribution in [0, 0.1) is 6.92 Å². The quantitative estimate of drug-likeness (QED) is 0.489. The Morgan fingerprint density at radius 2 is 2.03 bits per heavy atom. The van der Waals surface area contributed by atoms with Gasteiger partial charge in [0.15, 0.2) is 11.9 Å². The van der Waals surface area contributed by atoms with Crippen LogP contribution in [0.2, 0.25) is 0 Å². The Labute approximate surface area is 174 Å². The molecule has 30 heavy (non-hydrogen) atoms. The van der Waals surface area contributed by atoms with E-state index in [0.717, 1.165) is 39.3 Å². The standard InChI is InChI=1S/C22H27NO7/c1-14-16(6-5-15(25)4-3-7-23-8-10-29-11-9-23)22(27)30-21-17(13-24)18(26)12-19(28-2)20(14)21/h12-13,26H,3-11H2,1-2H3. The van der Waals surface area contributed by atoms with Crippen molar-refractivity contribution in [3.63, 3.8) is 0 Å². The molecule has 0 spiro atoms. The van der Waals surface area contributed by atoms with Crippen molar-refractivity contribution >= 4 is 23.0 Å². The van der Waals surface area contributed by atoms with Crippen molar-refractivity contribution in [3.05, 3.63) is 33.2 Å². The van der Waals surface area contributed by atoms with Crippen molar-refractivity contribution in [1.82, 2.24) is 4.90 Å². The van der Waals surface area contributed by atoms with Crippen LogP contribution >= 0.6 is 0 Å². The number of benzene rings is 1. The second kappa shape index (κ2) is 9.86. The van der Waals surface area contributed by atoms with Gasteiger partial charge in [-0.1, -0.05) is 0 Å². The molecule has 2 aromatic rings. The summed E-state index contributed by atoms with van der Waals surface area (Å²) in [5.41, 5.74) is 0.241. The number of ether oxygens (including phenoxy) is 2. The van der Waals surface area contributed by atoms with E-state index in [9.17, 15) is 19.5 Å². The molecule has 1 saturated heterocycles. The molecule has 0 saturated carbocycles. The molecule has 2 heterocycles. The number of nitrogens with zero attached hydrogens (tertiary/aromatic N) is 1. The zero-order valence-electron chi connectivity index (χ0n) is 17.4. The molecule has 1 aromatic carbocycles. The SMILES string of the molecule is COc1cc(O)c(C=O)c2oc(=O)c(CCC(=O)CCCN3CCOCC3)c(C)c12. The van der Waals surface area contributed by atoms with Gasteiger partial charge in [-0.15, -0.1) is 0 Å². The van der Waals surface area contributed by atoms with E-state index >= 15 is 0 Å². The van der Waals surface area contributed by atoms with Gasteiger partial charge in [0.25, 0.3) is 0 Å². The van der Waals surface area contributed by atoms with Crippen LogP contribution in [0.15, 0.2) is 15.3 Å². The number of hydrogen-bond acceptors (Lipinski definition) is 8. The number of methoxy groups -OCH3 is 1. The number of carbonyl (C=O) groups is 2.